The molecule has 0 radical (unpaired) electrons. The molecule has 0 aliphatic rings. The number of halogens is 1. The Balaban J connectivity index is 1.83. The van der Waals surface area contributed by atoms with E-state index in [1.54, 1.807) is 6.20 Å². The van der Waals surface area contributed by atoms with E-state index in [1.807, 2.05) is 41.2 Å². The summed E-state index contributed by atoms with van der Waals surface area (Å²) in [6, 6.07) is 9.72. The molecule has 2 rings (SSSR count). The summed E-state index contributed by atoms with van der Waals surface area (Å²) in [6.45, 7) is 0.733. The molecule has 106 valence electrons. The first kappa shape index (κ1) is 14.6. The zero-order chi connectivity index (χ0) is 14.2. The van der Waals surface area contributed by atoms with Gasteiger partial charge in [-0.1, -0.05) is 12.1 Å². The maximum Gasteiger partial charge on any atom is 0.224 e. The Hall–Kier alpha value is -1.81. The fourth-order valence-electron chi connectivity index (χ4n) is 1.88. The Bertz CT molecular complexity index is 523. The Morgan fingerprint density at radius 1 is 1.25 bits per heavy atom. The molecule has 5 heteroatoms. The van der Waals surface area contributed by atoms with Crippen molar-refractivity contribution in [2.45, 2.75) is 25.8 Å². The summed E-state index contributed by atoms with van der Waals surface area (Å²) in [6.07, 6.45) is 5.90. The summed E-state index contributed by atoms with van der Waals surface area (Å²) >= 11 is 5.58. The second-order valence-electron chi connectivity index (χ2n) is 4.59. The lowest BCUT2D eigenvalue weighted by Crippen LogP contribution is -2.11. The minimum absolute atomic E-state index is 0.0370. The fraction of sp³-hybridized carbons (Fsp3) is 0.333. The molecule has 1 N–H and O–H groups in total. The average molecular weight is 292 g/mol. The molecule has 20 heavy (non-hydrogen) atoms. The average Bonchev–Trinajstić information content (AvgIpc) is 2.94. The minimum atomic E-state index is 0.0370. The molecule has 2 aromatic rings. The Morgan fingerprint density at radius 3 is 2.70 bits per heavy atom. The number of carbonyl (C=O) groups excluding carboxylic acids is 1. The fourth-order valence-corrected chi connectivity index (χ4v) is 2.07. The van der Waals surface area contributed by atoms with Gasteiger partial charge in [0, 0.05) is 30.4 Å². The summed E-state index contributed by atoms with van der Waals surface area (Å²) in [4.78, 5) is 11.7. The largest absolute Gasteiger partial charge is 0.326 e. The van der Waals surface area contributed by atoms with Crippen LogP contribution >= 0.6 is 11.6 Å². The lowest BCUT2D eigenvalue weighted by molar-refractivity contribution is -0.116. The van der Waals surface area contributed by atoms with Crippen LogP contribution in [0.2, 0.25) is 0 Å². The summed E-state index contributed by atoms with van der Waals surface area (Å²) in [5.74, 6) is 0.644. The van der Waals surface area contributed by atoms with Crippen LogP contribution in [-0.4, -0.2) is 21.6 Å². The molecule has 0 fully saturated rings. The summed E-state index contributed by atoms with van der Waals surface area (Å²) < 4.78 is 1.86. The van der Waals surface area contributed by atoms with Crippen molar-refractivity contribution in [3.63, 3.8) is 0 Å². The van der Waals surface area contributed by atoms with Gasteiger partial charge in [-0.3, -0.25) is 9.48 Å². The van der Waals surface area contributed by atoms with Crippen LogP contribution in [-0.2, 0) is 11.3 Å². The van der Waals surface area contributed by atoms with E-state index >= 15 is 0 Å². The Morgan fingerprint density at radius 2 is 2.05 bits per heavy atom. The first-order valence-electron chi connectivity index (χ1n) is 6.70. The van der Waals surface area contributed by atoms with E-state index in [2.05, 4.69) is 10.4 Å². The smallest absolute Gasteiger partial charge is 0.224 e. The molecule has 0 saturated carbocycles. The number of alkyl halides is 1. The first-order chi connectivity index (χ1) is 9.78. The van der Waals surface area contributed by atoms with Gasteiger partial charge >= 0.3 is 0 Å². The highest BCUT2D eigenvalue weighted by Crippen LogP contribution is 2.11. The van der Waals surface area contributed by atoms with Crippen molar-refractivity contribution in [3.8, 4) is 0 Å². The molecular formula is C15H18ClN3O. The molecule has 1 amide bonds. The maximum atomic E-state index is 11.7. The van der Waals surface area contributed by atoms with Crippen molar-refractivity contribution >= 4 is 23.2 Å². The number of benzene rings is 1. The molecule has 0 atom stereocenters. The van der Waals surface area contributed by atoms with Crippen LogP contribution in [0.1, 0.15) is 24.8 Å². The number of nitrogens with zero attached hydrogens (tertiary/aromatic N) is 2. The van der Waals surface area contributed by atoms with E-state index in [4.69, 9.17) is 11.6 Å². The van der Waals surface area contributed by atoms with Crippen LogP contribution in [0.4, 0.5) is 5.69 Å². The van der Waals surface area contributed by atoms with Crippen LogP contribution in [0.25, 0.3) is 0 Å². The first-order valence-corrected chi connectivity index (χ1v) is 7.23. The van der Waals surface area contributed by atoms with Crippen molar-refractivity contribution in [2.24, 2.45) is 0 Å². The summed E-state index contributed by atoms with van der Waals surface area (Å²) in [5, 5.41) is 7.04. The van der Waals surface area contributed by atoms with Gasteiger partial charge < -0.3 is 5.32 Å². The zero-order valence-electron chi connectivity index (χ0n) is 11.3. The molecule has 0 unspecified atom stereocenters. The topological polar surface area (TPSA) is 46.9 Å². The summed E-state index contributed by atoms with van der Waals surface area (Å²) in [5.41, 5.74) is 1.97. The normalized spacial score (nSPS) is 10.4. The van der Waals surface area contributed by atoms with Gasteiger partial charge in [-0.2, -0.15) is 5.10 Å². The Kier molecular flexibility index (Phi) is 5.62. The quantitative estimate of drug-likeness (QED) is 0.628. The van der Waals surface area contributed by atoms with Gasteiger partial charge in [0.2, 0.25) is 5.91 Å². The van der Waals surface area contributed by atoms with Gasteiger partial charge in [-0.25, -0.2) is 0 Å². The third kappa shape index (κ3) is 4.70. The molecule has 0 aliphatic carbocycles. The second kappa shape index (κ2) is 7.70. The number of carbonyl (C=O) groups is 1. The van der Waals surface area contributed by atoms with Crippen molar-refractivity contribution in [3.05, 3.63) is 48.3 Å². The highest BCUT2D eigenvalue weighted by molar-refractivity contribution is 6.17. The SMILES string of the molecule is O=C(CCCCCl)Nc1ccc(Cn2cccn2)cc1. The highest BCUT2D eigenvalue weighted by Gasteiger charge is 2.02. The van der Waals surface area contributed by atoms with Crippen molar-refractivity contribution in [1.82, 2.24) is 9.78 Å². The number of hydrogen-bond acceptors (Lipinski definition) is 2. The third-order valence-corrected chi connectivity index (χ3v) is 3.20. The summed E-state index contributed by atoms with van der Waals surface area (Å²) in [7, 11) is 0. The zero-order valence-corrected chi connectivity index (χ0v) is 12.0. The van der Waals surface area contributed by atoms with Crippen molar-refractivity contribution in [2.75, 3.05) is 11.2 Å². The number of aromatic nitrogens is 2. The predicted molar refractivity (Wildman–Crippen MR) is 81.0 cm³/mol. The molecule has 4 nitrogen and oxygen atoms in total. The van der Waals surface area contributed by atoms with Crippen LogP contribution in [0, 0.1) is 0 Å². The number of anilines is 1. The molecular weight excluding hydrogens is 274 g/mol. The van der Waals surface area contributed by atoms with Gasteiger partial charge in [-0.05, 0) is 36.6 Å². The number of nitrogens with one attached hydrogen (secondary N) is 1. The lowest BCUT2D eigenvalue weighted by Gasteiger charge is -2.06. The number of unbranched alkanes of at least 4 members (excludes halogenated alkanes) is 1. The van der Waals surface area contributed by atoms with Crippen molar-refractivity contribution in [1.29, 1.82) is 0 Å². The molecule has 0 aliphatic heterocycles. The number of amides is 1. The molecule has 0 bridgehead atoms. The maximum absolute atomic E-state index is 11.7. The van der Waals surface area contributed by atoms with Gasteiger partial charge in [0.05, 0.1) is 6.54 Å². The van der Waals surface area contributed by atoms with E-state index in [-0.39, 0.29) is 5.91 Å². The highest BCUT2D eigenvalue weighted by atomic mass is 35.5. The second-order valence-corrected chi connectivity index (χ2v) is 4.97. The van der Waals surface area contributed by atoms with Crippen LogP contribution in [0.15, 0.2) is 42.7 Å². The van der Waals surface area contributed by atoms with E-state index < -0.39 is 0 Å². The van der Waals surface area contributed by atoms with Crippen LogP contribution in [0.5, 0.6) is 0 Å². The van der Waals surface area contributed by atoms with Gasteiger partial charge in [0.15, 0.2) is 0 Å². The monoisotopic (exact) mass is 291 g/mol. The Labute approximate surface area is 123 Å². The molecule has 1 aromatic carbocycles. The van der Waals surface area contributed by atoms with Crippen LogP contribution < -0.4 is 5.32 Å². The van der Waals surface area contributed by atoms with E-state index in [0.29, 0.717) is 12.3 Å². The third-order valence-electron chi connectivity index (χ3n) is 2.93. The van der Waals surface area contributed by atoms with E-state index in [0.717, 1.165) is 30.6 Å². The lowest BCUT2D eigenvalue weighted by atomic mass is 10.2. The minimum Gasteiger partial charge on any atom is -0.326 e. The van der Waals surface area contributed by atoms with E-state index in [1.165, 1.54) is 0 Å². The predicted octanol–water partition coefficient (Wildman–Crippen LogP) is 3.28. The van der Waals surface area contributed by atoms with Crippen LogP contribution in [0.3, 0.4) is 0 Å². The molecule has 0 saturated heterocycles. The number of rotatable bonds is 7. The van der Waals surface area contributed by atoms with Gasteiger partial charge in [0.25, 0.3) is 0 Å². The van der Waals surface area contributed by atoms with E-state index in [9.17, 15) is 4.79 Å². The molecule has 1 heterocycles. The van der Waals surface area contributed by atoms with Crippen molar-refractivity contribution < 1.29 is 4.79 Å². The number of hydrogen-bond donors (Lipinski definition) is 1. The molecule has 0 spiro atoms. The van der Waals surface area contributed by atoms with Gasteiger partial charge in [0.1, 0.15) is 0 Å². The standard InChI is InChI=1S/C15H18ClN3O/c16-9-2-1-4-15(20)18-14-7-5-13(6-8-14)12-19-11-3-10-17-19/h3,5-8,10-11H,1-2,4,9,12H2,(H,18,20). The van der Waals surface area contributed by atoms with Gasteiger partial charge in [-0.15, -0.1) is 11.6 Å². The molecule has 1 aromatic heterocycles.